The van der Waals surface area contributed by atoms with Crippen molar-refractivity contribution in [3.05, 3.63) is 65.9 Å². The van der Waals surface area contributed by atoms with Crippen LogP contribution in [0.2, 0.25) is 0 Å². The average molecular weight is 296 g/mol. The highest BCUT2D eigenvalue weighted by molar-refractivity contribution is 5.77. The molecule has 0 aliphatic heterocycles. The van der Waals surface area contributed by atoms with Crippen LogP contribution in [0.4, 0.5) is 0 Å². The maximum Gasteiger partial charge on any atom is 0.303 e. The van der Waals surface area contributed by atoms with E-state index in [0.717, 1.165) is 28.0 Å². The van der Waals surface area contributed by atoms with E-state index >= 15 is 0 Å². The van der Waals surface area contributed by atoms with Crippen LogP contribution in [0.5, 0.6) is 5.75 Å². The second-order valence-electron chi connectivity index (χ2n) is 5.08. The number of para-hydroxylation sites is 1. The number of carbonyl (C=O) groups is 1. The predicted octanol–water partition coefficient (Wildman–Crippen LogP) is 4.03. The van der Waals surface area contributed by atoms with Crippen LogP contribution in [0, 0.1) is 0 Å². The minimum Gasteiger partial charge on any atom is -0.486 e. The van der Waals surface area contributed by atoms with Crippen LogP contribution in [-0.4, -0.2) is 11.1 Å². The van der Waals surface area contributed by atoms with Gasteiger partial charge in [-0.2, -0.15) is 0 Å². The third-order valence-electron chi connectivity index (χ3n) is 3.41. The summed E-state index contributed by atoms with van der Waals surface area (Å²) in [4.78, 5) is 10.5. The van der Waals surface area contributed by atoms with E-state index in [2.05, 4.69) is 0 Å². The molecule has 0 bridgehead atoms. The summed E-state index contributed by atoms with van der Waals surface area (Å²) in [5.74, 6) is 0.723. The number of hydrogen-bond acceptors (Lipinski definition) is 3. The lowest BCUT2D eigenvalue weighted by Crippen LogP contribution is -1.98. The molecule has 0 aliphatic carbocycles. The zero-order chi connectivity index (χ0) is 15.4. The summed E-state index contributed by atoms with van der Waals surface area (Å²) in [6, 6.07) is 17.3. The van der Waals surface area contributed by atoms with Crippen LogP contribution in [0.1, 0.15) is 17.7 Å². The Labute approximate surface area is 127 Å². The minimum atomic E-state index is -0.787. The van der Waals surface area contributed by atoms with Gasteiger partial charge in [0.2, 0.25) is 0 Å². The lowest BCUT2D eigenvalue weighted by atomic mass is 10.1. The Hall–Kier alpha value is -2.75. The first-order chi connectivity index (χ1) is 10.7. The summed E-state index contributed by atoms with van der Waals surface area (Å²) in [7, 11) is 0. The van der Waals surface area contributed by atoms with Gasteiger partial charge in [0.1, 0.15) is 23.7 Å². The molecule has 22 heavy (non-hydrogen) atoms. The van der Waals surface area contributed by atoms with Gasteiger partial charge < -0.3 is 14.3 Å². The first-order valence-corrected chi connectivity index (χ1v) is 7.12. The molecule has 1 aromatic heterocycles. The molecule has 4 heteroatoms. The van der Waals surface area contributed by atoms with Gasteiger partial charge in [0.25, 0.3) is 0 Å². The van der Waals surface area contributed by atoms with Crippen molar-refractivity contribution in [3.63, 3.8) is 0 Å². The van der Waals surface area contributed by atoms with Crippen LogP contribution in [-0.2, 0) is 17.8 Å². The molecule has 0 unspecified atom stereocenters. The number of aryl methyl sites for hydroxylation is 1. The summed E-state index contributed by atoms with van der Waals surface area (Å²) >= 11 is 0. The zero-order valence-electron chi connectivity index (χ0n) is 12.0. The van der Waals surface area contributed by atoms with Crippen molar-refractivity contribution in [2.75, 3.05) is 0 Å². The third-order valence-corrected chi connectivity index (χ3v) is 3.41. The number of aliphatic carboxylic acids is 1. The molecule has 0 saturated carbocycles. The molecule has 0 fully saturated rings. The van der Waals surface area contributed by atoms with Crippen molar-refractivity contribution in [3.8, 4) is 5.75 Å². The number of carboxylic acid groups (broad SMARTS) is 1. The molecule has 0 amide bonds. The van der Waals surface area contributed by atoms with Gasteiger partial charge in [-0.3, -0.25) is 4.79 Å². The van der Waals surface area contributed by atoms with Gasteiger partial charge in [0.15, 0.2) is 0 Å². The molecule has 1 N–H and O–H groups in total. The number of ether oxygens (including phenoxy) is 1. The zero-order valence-corrected chi connectivity index (χ0v) is 12.0. The molecule has 0 radical (unpaired) electrons. The largest absolute Gasteiger partial charge is 0.486 e. The van der Waals surface area contributed by atoms with Crippen LogP contribution >= 0.6 is 0 Å². The molecule has 1 heterocycles. The fourth-order valence-electron chi connectivity index (χ4n) is 2.27. The van der Waals surface area contributed by atoms with Crippen molar-refractivity contribution in [2.24, 2.45) is 0 Å². The van der Waals surface area contributed by atoms with Gasteiger partial charge in [-0.25, -0.2) is 0 Å². The van der Waals surface area contributed by atoms with E-state index in [9.17, 15) is 4.79 Å². The van der Waals surface area contributed by atoms with Crippen LogP contribution in [0.3, 0.4) is 0 Å². The van der Waals surface area contributed by atoms with Crippen molar-refractivity contribution in [1.82, 2.24) is 0 Å². The first kappa shape index (κ1) is 14.2. The Balaban J connectivity index is 1.60. The van der Waals surface area contributed by atoms with E-state index in [1.807, 2.05) is 54.6 Å². The topological polar surface area (TPSA) is 59.7 Å². The van der Waals surface area contributed by atoms with Gasteiger partial charge >= 0.3 is 5.97 Å². The smallest absolute Gasteiger partial charge is 0.303 e. The van der Waals surface area contributed by atoms with Gasteiger partial charge in [-0.05, 0) is 36.2 Å². The summed E-state index contributed by atoms with van der Waals surface area (Å²) in [6.07, 6.45) is 0.665. The molecule has 2 aromatic carbocycles. The summed E-state index contributed by atoms with van der Waals surface area (Å²) in [5, 5.41) is 9.72. The predicted molar refractivity (Wildman–Crippen MR) is 82.9 cm³/mol. The fraction of sp³-hybridized carbons (Fsp3) is 0.167. The summed E-state index contributed by atoms with van der Waals surface area (Å²) < 4.78 is 11.4. The number of rotatable bonds is 6. The van der Waals surface area contributed by atoms with E-state index in [-0.39, 0.29) is 6.42 Å². The molecule has 112 valence electrons. The number of furan rings is 1. The Morgan fingerprint density at radius 3 is 2.59 bits per heavy atom. The van der Waals surface area contributed by atoms with E-state index in [4.69, 9.17) is 14.3 Å². The Morgan fingerprint density at radius 2 is 1.86 bits per heavy atom. The van der Waals surface area contributed by atoms with Crippen molar-refractivity contribution < 1.29 is 19.1 Å². The van der Waals surface area contributed by atoms with E-state index in [1.54, 1.807) is 0 Å². The molecule has 0 spiro atoms. The van der Waals surface area contributed by atoms with Crippen LogP contribution in [0.15, 0.2) is 59.0 Å². The molecular weight excluding hydrogens is 280 g/mol. The highest BCUT2D eigenvalue weighted by atomic mass is 16.5. The number of benzene rings is 2. The van der Waals surface area contributed by atoms with Gasteiger partial charge in [0.05, 0.1) is 0 Å². The highest BCUT2D eigenvalue weighted by Crippen LogP contribution is 2.21. The number of hydrogen-bond donors (Lipinski definition) is 1. The van der Waals surface area contributed by atoms with Crippen molar-refractivity contribution in [2.45, 2.75) is 19.4 Å². The fourth-order valence-corrected chi connectivity index (χ4v) is 2.27. The van der Waals surface area contributed by atoms with E-state index < -0.39 is 5.97 Å². The second kappa shape index (κ2) is 6.35. The highest BCUT2D eigenvalue weighted by Gasteiger charge is 2.04. The SMILES string of the molecule is O=C(O)CCc1ccc(OCc2cc3ccccc3o2)cc1. The maximum atomic E-state index is 10.5. The lowest BCUT2D eigenvalue weighted by Gasteiger charge is -2.05. The van der Waals surface area contributed by atoms with Gasteiger partial charge in [-0.1, -0.05) is 30.3 Å². The maximum absolute atomic E-state index is 10.5. The summed E-state index contributed by atoms with van der Waals surface area (Å²) in [5.41, 5.74) is 1.84. The number of carboxylic acids is 1. The van der Waals surface area contributed by atoms with Gasteiger partial charge in [-0.15, -0.1) is 0 Å². The third kappa shape index (κ3) is 3.47. The molecule has 0 atom stereocenters. The Bertz CT molecular complexity index is 738. The monoisotopic (exact) mass is 296 g/mol. The Kier molecular flexibility index (Phi) is 4.10. The molecule has 0 saturated heterocycles. The molecule has 3 aromatic rings. The molecule has 4 nitrogen and oxygen atoms in total. The molecule has 3 rings (SSSR count). The molecular formula is C18H16O4. The average Bonchev–Trinajstić information content (AvgIpc) is 2.95. The van der Waals surface area contributed by atoms with Crippen LogP contribution in [0.25, 0.3) is 11.0 Å². The van der Waals surface area contributed by atoms with Gasteiger partial charge in [0, 0.05) is 11.8 Å². The normalized spacial score (nSPS) is 10.7. The van der Waals surface area contributed by atoms with Crippen molar-refractivity contribution in [1.29, 1.82) is 0 Å². The first-order valence-electron chi connectivity index (χ1n) is 7.12. The molecule has 0 aliphatic rings. The van der Waals surface area contributed by atoms with E-state index in [1.165, 1.54) is 0 Å². The van der Waals surface area contributed by atoms with Crippen LogP contribution < -0.4 is 4.74 Å². The minimum absolute atomic E-state index is 0.138. The Morgan fingerprint density at radius 1 is 1.09 bits per heavy atom. The second-order valence-corrected chi connectivity index (χ2v) is 5.08. The quantitative estimate of drug-likeness (QED) is 0.746. The number of fused-ring (bicyclic) bond motifs is 1. The van der Waals surface area contributed by atoms with Crippen molar-refractivity contribution >= 4 is 16.9 Å². The van der Waals surface area contributed by atoms with E-state index in [0.29, 0.717) is 13.0 Å². The lowest BCUT2D eigenvalue weighted by molar-refractivity contribution is -0.136. The standard InChI is InChI=1S/C18H16O4/c19-18(20)10-7-13-5-8-15(9-6-13)21-12-16-11-14-3-1-2-4-17(14)22-16/h1-6,8-9,11H,7,10,12H2,(H,19,20). The summed E-state index contributed by atoms with van der Waals surface area (Å²) in [6.45, 7) is 0.364.